The van der Waals surface area contributed by atoms with Crippen LogP contribution in [0.4, 0.5) is 4.79 Å². The van der Waals surface area contributed by atoms with Crippen molar-refractivity contribution >= 4 is 6.09 Å². The lowest BCUT2D eigenvalue weighted by Crippen LogP contribution is -2.67. The predicted molar refractivity (Wildman–Crippen MR) is 91.7 cm³/mol. The minimum atomic E-state index is -1.21. The van der Waals surface area contributed by atoms with Gasteiger partial charge in [-0.05, 0) is 17.9 Å². The van der Waals surface area contributed by atoms with Crippen molar-refractivity contribution in [2.45, 2.75) is 45.8 Å². The number of ether oxygens (including phenoxy) is 4. The van der Waals surface area contributed by atoms with Crippen LogP contribution in [0, 0.1) is 11.3 Å². The fourth-order valence-electron chi connectivity index (χ4n) is 3.05. The molecule has 138 valence electrons. The monoisotopic (exact) mass is 349 g/mol. The standard InChI is InChI=1S/C19H27NO5/c1-14(2)9-16(19-23-11-18(3,12-24-19)13-25-19)20-17(21)22-10-15-7-5-4-6-8-15/h4-8,14,16H,9-13H2,1-3H3,(H,20,21). The Kier molecular flexibility index (Phi) is 5.32. The van der Waals surface area contributed by atoms with E-state index in [9.17, 15) is 4.79 Å². The lowest BCUT2D eigenvalue weighted by molar-refractivity contribution is -0.474. The van der Waals surface area contributed by atoms with E-state index >= 15 is 0 Å². The molecular weight excluding hydrogens is 322 g/mol. The Balaban J connectivity index is 1.62. The van der Waals surface area contributed by atoms with Crippen molar-refractivity contribution in [3.05, 3.63) is 35.9 Å². The summed E-state index contributed by atoms with van der Waals surface area (Å²) in [6, 6.07) is 9.14. The zero-order valence-electron chi connectivity index (χ0n) is 15.1. The van der Waals surface area contributed by atoms with Gasteiger partial charge in [0.05, 0.1) is 19.8 Å². The summed E-state index contributed by atoms with van der Waals surface area (Å²) in [6.07, 6.45) is 0.163. The zero-order chi connectivity index (χ0) is 17.9. The van der Waals surface area contributed by atoms with E-state index in [-0.39, 0.29) is 12.0 Å². The van der Waals surface area contributed by atoms with Crippen molar-refractivity contribution in [3.8, 4) is 0 Å². The first kappa shape index (κ1) is 18.2. The average molecular weight is 349 g/mol. The lowest BCUT2D eigenvalue weighted by Gasteiger charge is -2.53. The van der Waals surface area contributed by atoms with Gasteiger partial charge in [0.2, 0.25) is 0 Å². The first-order valence-corrected chi connectivity index (χ1v) is 8.80. The van der Waals surface area contributed by atoms with Crippen LogP contribution in [-0.2, 0) is 25.6 Å². The third-order valence-corrected chi connectivity index (χ3v) is 4.50. The van der Waals surface area contributed by atoms with Gasteiger partial charge >= 0.3 is 12.1 Å². The number of carbonyl (C=O) groups excluding carboxylic acids is 1. The van der Waals surface area contributed by atoms with E-state index in [4.69, 9.17) is 18.9 Å². The summed E-state index contributed by atoms with van der Waals surface area (Å²) < 4.78 is 23.0. The van der Waals surface area contributed by atoms with Crippen LogP contribution in [-0.4, -0.2) is 37.9 Å². The van der Waals surface area contributed by atoms with Gasteiger partial charge in [-0.2, -0.15) is 0 Å². The van der Waals surface area contributed by atoms with Crippen molar-refractivity contribution < 1.29 is 23.7 Å². The fraction of sp³-hybridized carbons (Fsp3) is 0.632. The minimum Gasteiger partial charge on any atom is -0.445 e. The Morgan fingerprint density at radius 2 is 1.76 bits per heavy atom. The number of hydrogen-bond acceptors (Lipinski definition) is 5. The number of benzene rings is 1. The number of amides is 1. The molecule has 3 aliphatic rings. The van der Waals surface area contributed by atoms with Crippen LogP contribution in [0.25, 0.3) is 0 Å². The molecule has 0 aromatic heterocycles. The Morgan fingerprint density at radius 1 is 1.16 bits per heavy atom. The van der Waals surface area contributed by atoms with E-state index in [0.717, 1.165) is 5.56 Å². The Morgan fingerprint density at radius 3 is 2.32 bits per heavy atom. The van der Waals surface area contributed by atoms with E-state index in [0.29, 0.717) is 32.2 Å². The molecule has 0 saturated carbocycles. The fourth-order valence-corrected chi connectivity index (χ4v) is 3.05. The third-order valence-electron chi connectivity index (χ3n) is 4.50. The highest BCUT2D eigenvalue weighted by molar-refractivity contribution is 5.67. The van der Waals surface area contributed by atoms with Crippen LogP contribution in [0.1, 0.15) is 32.8 Å². The second-order valence-corrected chi connectivity index (χ2v) is 7.67. The molecular formula is C19H27NO5. The maximum atomic E-state index is 12.3. The molecule has 4 rings (SSSR count). The van der Waals surface area contributed by atoms with E-state index in [2.05, 4.69) is 26.1 Å². The van der Waals surface area contributed by atoms with Gasteiger partial charge in [0.25, 0.3) is 0 Å². The molecule has 6 nitrogen and oxygen atoms in total. The molecule has 1 N–H and O–H groups in total. The highest BCUT2D eigenvalue weighted by Crippen LogP contribution is 2.41. The van der Waals surface area contributed by atoms with E-state index in [1.54, 1.807) is 0 Å². The molecule has 0 spiro atoms. The number of hydrogen-bond donors (Lipinski definition) is 1. The molecule has 3 fully saturated rings. The molecule has 25 heavy (non-hydrogen) atoms. The van der Waals surface area contributed by atoms with Crippen LogP contribution in [0.2, 0.25) is 0 Å². The minimum absolute atomic E-state index is 0.113. The molecule has 3 saturated heterocycles. The van der Waals surface area contributed by atoms with Crippen molar-refractivity contribution in [2.75, 3.05) is 19.8 Å². The van der Waals surface area contributed by atoms with Crippen molar-refractivity contribution in [1.82, 2.24) is 5.32 Å². The van der Waals surface area contributed by atoms with Crippen molar-refractivity contribution in [1.29, 1.82) is 0 Å². The molecule has 1 atom stereocenters. The molecule has 6 heteroatoms. The Labute approximate surface area is 148 Å². The highest BCUT2D eigenvalue weighted by Gasteiger charge is 2.55. The summed E-state index contributed by atoms with van der Waals surface area (Å²) >= 11 is 0. The van der Waals surface area contributed by atoms with E-state index in [1.807, 2.05) is 30.3 Å². The van der Waals surface area contributed by atoms with Crippen LogP contribution < -0.4 is 5.32 Å². The summed E-state index contributed by atoms with van der Waals surface area (Å²) in [4.78, 5) is 12.3. The molecule has 1 amide bonds. The highest BCUT2D eigenvalue weighted by atomic mass is 16.9. The van der Waals surface area contributed by atoms with Crippen LogP contribution in [0.3, 0.4) is 0 Å². The second kappa shape index (κ2) is 7.32. The van der Waals surface area contributed by atoms with E-state index < -0.39 is 18.1 Å². The molecule has 1 aromatic rings. The summed E-state index contributed by atoms with van der Waals surface area (Å²) in [5.41, 5.74) is 0.823. The van der Waals surface area contributed by atoms with Gasteiger partial charge in [0.1, 0.15) is 12.6 Å². The molecule has 1 aromatic carbocycles. The number of fused-ring (bicyclic) bond motifs is 3. The van der Waals surface area contributed by atoms with Crippen molar-refractivity contribution in [2.24, 2.45) is 11.3 Å². The van der Waals surface area contributed by atoms with Gasteiger partial charge in [0.15, 0.2) is 0 Å². The lowest BCUT2D eigenvalue weighted by atomic mass is 9.90. The summed E-state index contributed by atoms with van der Waals surface area (Å²) in [6.45, 7) is 8.11. The van der Waals surface area contributed by atoms with Gasteiger partial charge in [-0.3, -0.25) is 0 Å². The average Bonchev–Trinajstić information content (AvgIpc) is 2.61. The predicted octanol–water partition coefficient (Wildman–Crippen LogP) is 3.06. The van der Waals surface area contributed by atoms with Gasteiger partial charge in [-0.15, -0.1) is 0 Å². The van der Waals surface area contributed by atoms with Crippen LogP contribution in [0.5, 0.6) is 0 Å². The number of rotatable bonds is 6. The normalized spacial score (nSPS) is 29.4. The second-order valence-electron chi connectivity index (χ2n) is 7.67. The van der Waals surface area contributed by atoms with Crippen LogP contribution >= 0.6 is 0 Å². The summed E-state index contributed by atoms with van der Waals surface area (Å²) in [5.74, 6) is -0.881. The summed E-state index contributed by atoms with van der Waals surface area (Å²) in [5, 5.41) is 2.88. The maximum absolute atomic E-state index is 12.3. The molecule has 3 aliphatic heterocycles. The maximum Gasteiger partial charge on any atom is 0.407 e. The third kappa shape index (κ3) is 4.32. The van der Waals surface area contributed by atoms with Gasteiger partial charge in [0, 0.05) is 5.41 Å². The number of carbonyl (C=O) groups is 1. The Hall–Kier alpha value is -1.63. The Bertz CT molecular complexity index is 564. The molecule has 2 bridgehead atoms. The topological polar surface area (TPSA) is 66.0 Å². The number of nitrogens with one attached hydrogen (secondary N) is 1. The van der Waals surface area contributed by atoms with Gasteiger partial charge in [-0.25, -0.2) is 4.79 Å². The van der Waals surface area contributed by atoms with Crippen molar-refractivity contribution in [3.63, 3.8) is 0 Å². The number of alkyl carbamates (subject to hydrolysis) is 1. The first-order chi connectivity index (χ1) is 11.9. The first-order valence-electron chi connectivity index (χ1n) is 8.80. The molecule has 1 unspecified atom stereocenters. The zero-order valence-corrected chi connectivity index (χ0v) is 15.1. The largest absolute Gasteiger partial charge is 0.445 e. The van der Waals surface area contributed by atoms with E-state index in [1.165, 1.54) is 0 Å². The van der Waals surface area contributed by atoms with Gasteiger partial charge in [-0.1, -0.05) is 51.1 Å². The summed E-state index contributed by atoms with van der Waals surface area (Å²) in [7, 11) is 0. The van der Waals surface area contributed by atoms with Crippen LogP contribution in [0.15, 0.2) is 30.3 Å². The molecule has 0 aliphatic carbocycles. The molecule has 3 heterocycles. The molecule has 0 radical (unpaired) electrons. The SMILES string of the molecule is CC(C)CC(NC(=O)OCc1ccccc1)C12OCC(C)(CO1)CO2. The van der Waals surface area contributed by atoms with Gasteiger partial charge < -0.3 is 24.3 Å². The quantitative estimate of drug-likeness (QED) is 0.855. The smallest absolute Gasteiger partial charge is 0.407 e.